The zero-order valence-corrected chi connectivity index (χ0v) is 10.9. The number of carbonyl (C=O) groups is 1. The van der Waals surface area contributed by atoms with Crippen LogP contribution in [0.2, 0.25) is 0 Å². The molecule has 1 amide bonds. The number of hydrogen-bond donors (Lipinski definition) is 2. The molecule has 1 aliphatic rings. The third-order valence-corrected chi connectivity index (χ3v) is 3.55. The van der Waals surface area contributed by atoms with E-state index in [2.05, 4.69) is 18.5 Å². The molecule has 6 nitrogen and oxygen atoms in total. The maximum atomic E-state index is 12.3. The zero-order chi connectivity index (χ0) is 14.9. The summed E-state index contributed by atoms with van der Waals surface area (Å²) in [6.45, 7) is 7.35. The van der Waals surface area contributed by atoms with Crippen molar-refractivity contribution in [3.63, 3.8) is 0 Å². The molecule has 1 heterocycles. The SMILES string of the molecule is C=CCC1(CC=C)C(=O)Nc2cc([N+](=O)[O-])c(N)cc21. The molecule has 20 heavy (non-hydrogen) atoms. The molecule has 3 N–H and O–H groups in total. The van der Waals surface area contributed by atoms with E-state index in [1.807, 2.05) is 0 Å². The molecule has 0 radical (unpaired) electrons. The summed E-state index contributed by atoms with van der Waals surface area (Å²) in [4.78, 5) is 22.6. The number of nitro benzene ring substituents is 1. The fourth-order valence-electron chi connectivity index (χ4n) is 2.61. The van der Waals surface area contributed by atoms with E-state index in [0.29, 0.717) is 24.1 Å². The van der Waals surface area contributed by atoms with Gasteiger partial charge >= 0.3 is 0 Å². The van der Waals surface area contributed by atoms with Crippen LogP contribution in [-0.4, -0.2) is 10.8 Å². The number of anilines is 2. The monoisotopic (exact) mass is 273 g/mol. The summed E-state index contributed by atoms with van der Waals surface area (Å²) in [5.41, 5.74) is 5.81. The van der Waals surface area contributed by atoms with Gasteiger partial charge in [-0.1, -0.05) is 12.2 Å². The number of rotatable bonds is 5. The summed E-state index contributed by atoms with van der Waals surface area (Å²) in [6, 6.07) is 2.80. The number of nitrogens with two attached hydrogens (primary N) is 1. The highest BCUT2D eigenvalue weighted by molar-refractivity contribution is 6.07. The van der Waals surface area contributed by atoms with E-state index < -0.39 is 10.3 Å². The van der Waals surface area contributed by atoms with Crippen molar-refractivity contribution >= 4 is 23.0 Å². The molecule has 0 bridgehead atoms. The number of fused-ring (bicyclic) bond motifs is 1. The van der Waals surface area contributed by atoms with Crippen LogP contribution in [0.3, 0.4) is 0 Å². The summed E-state index contributed by atoms with van der Waals surface area (Å²) in [5.74, 6) is -0.216. The average molecular weight is 273 g/mol. The van der Waals surface area contributed by atoms with Gasteiger partial charge in [-0.25, -0.2) is 0 Å². The fraction of sp³-hybridized carbons (Fsp3) is 0.214. The zero-order valence-electron chi connectivity index (χ0n) is 10.9. The van der Waals surface area contributed by atoms with Gasteiger partial charge in [0.25, 0.3) is 5.69 Å². The second-order valence-corrected chi connectivity index (χ2v) is 4.74. The van der Waals surface area contributed by atoms with Gasteiger partial charge in [0.15, 0.2) is 0 Å². The van der Waals surface area contributed by atoms with Gasteiger partial charge in [0.1, 0.15) is 5.69 Å². The predicted octanol–water partition coefficient (Wildman–Crippen LogP) is 2.52. The van der Waals surface area contributed by atoms with Crippen molar-refractivity contribution in [2.75, 3.05) is 11.1 Å². The highest BCUT2D eigenvalue weighted by atomic mass is 16.6. The van der Waals surface area contributed by atoms with Crippen molar-refractivity contribution in [1.29, 1.82) is 0 Å². The Bertz CT molecular complexity index is 612. The summed E-state index contributed by atoms with van der Waals surface area (Å²) in [6.07, 6.45) is 4.12. The predicted molar refractivity (Wildman–Crippen MR) is 77.4 cm³/mol. The number of nitrogen functional groups attached to an aromatic ring is 1. The van der Waals surface area contributed by atoms with Crippen LogP contribution >= 0.6 is 0 Å². The molecule has 0 fully saturated rings. The Morgan fingerprint density at radius 2 is 1.95 bits per heavy atom. The first-order chi connectivity index (χ1) is 9.46. The molecule has 0 aromatic heterocycles. The Balaban J connectivity index is 2.65. The number of nitrogens with zero attached hydrogens (tertiary/aromatic N) is 1. The number of carbonyl (C=O) groups excluding carboxylic acids is 1. The van der Waals surface area contributed by atoms with E-state index in [0.717, 1.165) is 0 Å². The molecule has 6 heteroatoms. The van der Waals surface area contributed by atoms with Gasteiger partial charge in [-0.05, 0) is 24.5 Å². The van der Waals surface area contributed by atoms with Gasteiger partial charge in [0.2, 0.25) is 5.91 Å². The lowest BCUT2D eigenvalue weighted by Gasteiger charge is -2.24. The quantitative estimate of drug-likeness (QED) is 0.372. The summed E-state index contributed by atoms with van der Waals surface area (Å²) >= 11 is 0. The highest BCUT2D eigenvalue weighted by Crippen LogP contribution is 2.46. The van der Waals surface area contributed by atoms with Crippen molar-refractivity contribution < 1.29 is 9.72 Å². The molecule has 0 unspecified atom stereocenters. The van der Waals surface area contributed by atoms with Crippen LogP contribution in [0.1, 0.15) is 18.4 Å². The van der Waals surface area contributed by atoms with Crippen LogP contribution in [0.25, 0.3) is 0 Å². The number of amides is 1. The maximum Gasteiger partial charge on any atom is 0.294 e. The van der Waals surface area contributed by atoms with Crippen molar-refractivity contribution in [3.05, 3.63) is 53.1 Å². The molecule has 104 valence electrons. The van der Waals surface area contributed by atoms with E-state index in [9.17, 15) is 14.9 Å². The van der Waals surface area contributed by atoms with Crippen LogP contribution in [-0.2, 0) is 10.2 Å². The number of nitrogens with one attached hydrogen (secondary N) is 1. The first kappa shape index (κ1) is 13.8. The van der Waals surface area contributed by atoms with Crippen molar-refractivity contribution in [2.45, 2.75) is 18.3 Å². The minimum Gasteiger partial charge on any atom is -0.393 e. The van der Waals surface area contributed by atoms with Crippen molar-refractivity contribution in [1.82, 2.24) is 0 Å². The third-order valence-electron chi connectivity index (χ3n) is 3.55. The van der Waals surface area contributed by atoms with Gasteiger partial charge in [-0.2, -0.15) is 0 Å². The Morgan fingerprint density at radius 3 is 2.45 bits per heavy atom. The molecule has 0 saturated heterocycles. The normalized spacial score (nSPS) is 15.3. The van der Waals surface area contributed by atoms with E-state index in [-0.39, 0.29) is 17.3 Å². The second-order valence-electron chi connectivity index (χ2n) is 4.74. The lowest BCUT2D eigenvalue weighted by atomic mass is 9.75. The average Bonchev–Trinajstić information content (AvgIpc) is 2.63. The van der Waals surface area contributed by atoms with E-state index in [4.69, 9.17) is 5.73 Å². The van der Waals surface area contributed by atoms with Gasteiger partial charge in [-0.3, -0.25) is 14.9 Å². The smallest absolute Gasteiger partial charge is 0.294 e. The Kier molecular flexibility index (Phi) is 3.31. The molecule has 2 rings (SSSR count). The van der Waals surface area contributed by atoms with Crippen molar-refractivity contribution in [2.24, 2.45) is 0 Å². The number of benzene rings is 1. The summed E-state index contributed by atoms with van der Waals surface area (Å²) in [7, 11) is 0. The molecule has 1 aliphatic heterocycles. The molecule has 1 aromatic rings. The van der Waals surface area contributed by atoms with Gasteiger partial charge in [-0.15, -0.1) is 13.2 Å². The van der Waals surface area contributed by atoms with Crippen molar-refractivity contribution in [3.8, 4) is 0 Å². The fourth-order valence-corrected chi connectivity index (χ4v) is 2.61. The second kappa shape index (κ2) is 4.80. The standard InChI is InChI=1S/C14H15N3O3/c1-3-5-14(6-4-2)9-7-10(15)12(17(19)20)8-11(9)16-13(14)18/h3-4,7-8H,1-2,5-6,15H2,(H,16,18). The van der Waals surface area contributed by atoms with E-state index in [1.165, 1.54) is 12.1 Å². The van der Waals surface area contributed by atoms with Crippen LogP contribution in [0, 0.1) is 10.1 Å². The van der Waals surface area contributed by atoms with Gasteiger partial charge in [0, 0.05) is 6.07 Å². The van der Waals surface area contributed by atoms with Gasteiger partial charge < -0.3 is 11.1 Å². The number of nitro groups is 1. The van der Waals surface area contributed by atoms with E-state index >= 15 is 0 Å². The minimum absolute atomic E-state index is 0.0442. The Hall–Kier alpha value is -2.63. The molecule has 0 saturated carbocycles. The third kappa shape index (κ3) is 1.85. The summed E-state index contributed by atoms with van der Waals surface area (Å²) < 4.78 is 0. The first-order valence-electron chi connectivity index (χ1n) is 6.08. The van der Waals surface area contributed by atoms with Crippen LogP contribution in [0.5, 0.6) is 0 Å². The van der Waals surface area contributed by atoms with Crippen LogP contribution in [0.15, 0.2) is 37.4 Å². The minimum atomic E-state index is -0.831. The van der Waals surface area contributed by atoms with Crippen LogP contribution < -0.4 is 11.1 Å². The first-order valence-corrected chi connectivity index (χ1v) is 6.08. The maximum absolute atomic E-state index is 12.3. The molecule has 1 aromatic carbocycles. The topological polar surface area (TPSA) is 98.3 Å². The molecule has 0 atom stereocenters. The Morgan fingerprint density at radius 1 is 1.35 bits per heavy atom. The van der Waals surface area contributed by atoms with E-state index in [1.54, 1.807) is 12.2 Å². The molecule has 0 spiro atoms. The highest BCUT2D eigenvalue weighted by Gasteiger charge is 2.45. The van der Waals surface area contributed by atoms with Crippen LogP contribution in [0.4, 0.5) is 17.1 Å². The number of hydrogen-bond acceptors (Lipinski definition) is 4. The lowest BCUT2D eigenvalue weighted by Crippen LogP contribution is -2.33. The summed E-state index contributed by atoms with van der Waals surface area (Å²) in [5, 5.41) is 13.6. The molecular formula is C14H15N3O3. The lowest BCUT2D eigenvalue weighted by molar-refractivity contribution is -0.383. The number of allylic oxidation sites excluding steroid dienone is 2. The van der Waals surface area contributed by atoms with Gasteiger partial charge in [0.05, 0.1) is 16.0 Å². The largest absolute Gasteiger partial charge is 0.393 e. The molecular weight excluding hydrogens is 258 g/mol. The molecule has 0 aliphatic carbocycles. The Labute approximate surface area is 116 Å².